The molecule has 1 aromatic heterocycles. The molecule has 7 nitrogen and oxygen atoms in total. The van der Waals surface area contributed by atoms with E-state index in [0.29, 0.717) is 12.2 Å². The van der Waals surface area contributed by atoms with Crippen molar-refractivity contribution in [2.75, 3.05) is 25.0 Å². The van der Waals surface area contributed by atoms with Crippen molar-refractivity contribution >= 4 is 28.7 Å². The van der Waals surface area contributed by atoms with Crippen LogP contribution in [0.1, 0.15) is 23.8 Å². The molecule has 2 N–H and O–H groups in total. The number of nitro groups is 1. The van der Waals surface area contributed by atoms with E-state index >= 15 is 0 Å². The van der Waals surface area contributed by atoms with Crippen molar-refractivity contribution < 1.29 is 9.72 Å². The molecule has 1 atom stereocenters. The molecule has 1 aromatic carbocycles. The molecule has 1 fully saturated rings. The van der Waals surface area contributed by atoms with Gasteiger partial charge in [0.15, 0.2) is 0 Å². The number of urea groups is 1. The van der Waals surface area contributed by atoms with E-state index in [1.165, 1.54) is 29.9 Å². The number of rotatable bonds is 6. The maximum atomic E-state index is 12.2. The zero-order chi connectivity index (χ0) is 17.6. The molecule has 0 radical (unpaired) electrons. The standard InChI is InChI=1S/C17H20N4O3S/c22-17(19-13-5-3-6-14(11-13)21(23)24)18-12-15(16-7-4-10-25-16)20-8-1-2-9-20/h3-7,10-11,15H,1-2,8-9,12H2,(H2,18,19,22)/t15-/m1/s1. The smallest absolute Gasteiger partial charge is 0.319 e. The van der Waals surface area contributed by atoms with Crippen LogP contribution in [0.4, 0.5) is 16.2 Å². The lowest BCUT2D eigenvalue weighted by Gasteiger charge is -2.26. The van der Waals surface area contributed by atoms with E-state index in [1.807, 2.05) is 11.4 Å². The number of nitrogens with zero attached hydrogens (tertiary/aromatic N) is 2. The third kappa shape index (κ3) is 4.55. The van der Waals surface area contributed by atoms with E-state index in [4.69, 9.17) is 0 Å². The SMILES string of the molecule is O=C(NC[C@H](c1cccs1)N1CCCC1)Nc1cccc([N+](=O)[O-])c1. The van der Waals surface area contributed by atoms with Crippen molar-refractivity contribution in [3.63, 3.8) is 0 Å². The lowest BCUT2D eigenvalue weighted by atomic mass is 10.2. The summed E-state index contributed by atoms with van der Waals surface area (Å²) in [5.41, 5.74) is 0.354. The molecule has 0 bridgehead atoms. The largest absolute Gasteiger partial charge is 0.336 e. The Morgan fingerprint density at radius 3 is 2.76 bits per heavy atom. The minimum Gasteiger partial charge on any atom is -0.336 e. The molecule has 8 heteroatoms. The van der Waals surface area contributed by atoms with Gasteiger partial charge in [-0.25, -0.2) is 4.79 Å². The number of carbonyl (C=O) groups is 1. The Morgan fingerprint density at radius 1 is 1.28 bits per heavy atom. The average molecular weight is 360 g/mol. The van der Waals surface area contributed by atoms with Crippen molar-refractivity contribution in [2.45, 2.75) is 18.9 Å². The number of benzene rings is 1. The number of likely N-dealkylation sites (tertiary alicyclic amines) is 1. The van der Waals surface area contributed by atoms with Gasteiger partial charge in [-0.3, -0.25) is 15.0 Å². The van der Waals surface area contributed by atoms with Gasteiger partial charge in [0.25, 0.3) is 5.69 Å². The number of anilines is 1. The average Bonchev–Trinajstić information content (AvgIpc) is 3.29. The number of carbonyl (C=O) groups excluding carboxylic acids is 1. The molecule has 3 rings (SSSR count). The number of hydrogen-bond acceptors (Lipinski definition) is 5. The molecule has 2 heterocycles. The fourth-order valence-corrected chi connectivity index (χ4v) is 3.87. The topological polar surface area (TPSA) is 87.5 Å². The van der Waals surface area contributed by atoms with Gasteiger partial charge in [-0.05, 0) is 43.4 Å². The normalized spacial score (nSPS) is 15.7. The third-order valence-electron chi connectivity index (χ3n) is 4.22. The molecule has 1 aliphatic heterocycles. The lowest BCUT2D eigenvalue weighted by Crippen LogP contribution is -2.38. The third-order valence-corrected chi connectivity index (χ3v) is 5.20. The molecule has 132 valence electrons. The fourth-order valence-electron chi connectivity index (χ4n) is 3.01. The van der Waals surface area contributed by atoms with Gasteiger partial charge in [-0.15, -0.1) is 11.3 Å². The van der Waals surface area contributed by atoms with Crippen LogP contribution in [0.3, 0.4) is 0 Å². The maximum Gasteiger partial charge on any atom is 0.319 e. The molecule has 2 amide bonds. The first-order valence-electron chi connectivity index (χ1n) is 8.20. The van der Waals surface area contributed by atoms with Gasteiger partial charge in [-0.2, -0.15) is 0 Å². The van der Waals surface area contributed by atoms with Crippen LogP contribution in [-0.2, 0) is 0 Å². The van der Waals surface area contributed by atoms with Crippen molar-refractivity contribution in [3.05, 3.63) is 56.8 Å². The second-order valence-corrected chi connectivity index (χ2v) is 6.90. The van der Waals surface area contributed by atoms with Crippen LogP contribution in [0.25, 0.3) is 0 Å². The van der Waals surface area contributed by atoms with Crippen LogP contribution in [-0.4, -0.2) is 35.5 Å². The molecule has 2 aromatic rings. The van der Waals surface area contributed by atoms with Crippen molar-refractivity contribution in [1.82, 2.24) is 10.2 Å². The molecule has 0 unspecified atom stereocenters. The summed E-state index contributed by atoms with van der Waals surface area (Å²) in [6.07, 6.45) is 2.36. The summed E-state index contributed by atoms with van der Waals surface area (Å²) in [7, 11) is 0. The van der Waals surface area contributed by atoms with Gasteiger partial charge in [0.1, 0.15) is 0 Å². The van der Waals surface area contributed by atoms with E-state index < -0.39 is 4.92 Å². The Bertz CT molecular complexity index is 729. The second kappa shape index (κ2) is 8.09. The van der Waals surface area contributed by atoms with Crippen LogP contribution >= 0.6 is 11.3 Å². The number of amides is 2. The Kier molecular flexibility index (Phi) is 5.62. The van der Waals surface area contributed by atoms with Crippen LogP contribution in [0, 0.1) is 10.1 Å². The molecule has 0 spiro atoms. The molecule has 0 aliphatic carbocycles. The highest BCUT2D eigenvalue weighted by atomic mass is 32.1. The van der Waals surface area contributed by atoms with Crippen LogP contribution < -0.4 is 10.6 Å². The molecule has 0 saturated carbocycles. The fraction of sp³-hybridized carbons (Fsp3) is 0.353. The Labute approximate surface area is 149 Å². The van der Waals surface area contributed by atoms with Crippen LogP contribution in [0.15, 0.2) is 41.8 Å². The quantitative estimate of drug-likeness (QED) is 0.608. The summed E-state index contributed by atoms with van der Waals surface area (Å²) in [6, 6.07) is 9.83. The molecular weight excluding hydrogens is 340 g/mol. The first-order valence-corrected chi connectivity index (χ1v) is 9.08. The predicted octanol–water partition coefficient (Wildman–Crippen LogP) is 3.61. The zero-order valence-corrected chi connectivity index (χ0v) is 14.5. The highest BCUT2D eigenvalue weighted by molar-refractivity contribution is 7.10. The Balaban J connectivity index is 1.60. The number of nitrogens with one attached hydrogen (secondary N) is 2. The zero-order valence-electron chi connectivity index (χ0n) is 13.7. The van der Waals surface area contributed by atoms with E-state index in [0.717, 1.165) is 13.1 Å². The molecule has 1 saturated heterocycles. The van der Waals surface area contributed by atoms with Crippen LogP contribution in [0.5, 0.6) is 0 Å². The minimum absolute atomic E-state index is 0.0497. The summed E-state index contributed by atoms with van der Waals surface area (Å²) in [5.74, 6) is 0. The van der Waals surface area contributed by atoms with Gasteiger partial charge < -0.3 is 10.6 Å². The second-order valence-electron chi connectivity index (χ2n) is 5.92. The number of thiophene rings is 1. The number of nitro benzene ring substituents is 1. The Hall–Kier alpha value is -2.45. The summed E-state index contributed by atoms with van der Waals surface area (Å²) in [5, 5.41) is 18.4. The van der Waals surface area contributed by atoms with Crippen molar-refractivity contribution in [2.24, 2.45) is 0 Å². The predicted molar refractivity (Wildman–Crippen MR) is 98.0 cm³/mol. The Morgan fingerprint density at radius 2 is 2.08 bits per heavy atom. The first kappa shape index (κ1) is 17.4. The lowest BCUT2D eigenvalue weighted by molar-refractivity contribution is -0.384. The van der Waals surface area contributed by atoms with Crippen molar-refractivity contribution in [3.8, 4) is 0 Å². The summed E-state index contributed by atoms with van der Waals surface area (Å²) in [4.78, 5) is 26.1. The van der Waals surface area contributed by atoms with Gasteiger partial charge in [0.05, 0.1) is 11.0 Å². The molecular formula is C17H20N4O3S. The molecule has 1 aliphatic rings. The summed E-state index contributed by atoms with van der Waals surface area (Å²) in [6.45, 7) is 2.58. The van der Waals surface area contributed by atoms with Crippen LogP contribution in [0.2, 0.25) is 0 Å². The number of non-ortho nitro benzene ring substituents is 1. The van der Waals surface area contributed by atoms with Crippen molar-refractivity contribution in [1.29, 1.82) is 0 Å². The summed E-state index contributed by atoms with van der Waals surface area (Å²) >= 11 is 1.69. The van der Waals surface area contributed by atoms with E-state index in [2.05, 4.69) is 21.6 Å². The molecule has 25 heavy (non-hydrogen) atoms. The summed E-state index contributed by atoms with van der Waals surface area (Å²) < 4.78 is 0. The highest BCUT2D eigenvalue weighted by Gasteiger charge is 2.24. The van der Waals surface area contributed by atoms with Gasteiger partial charge in [-0.1, -0.05) is 12.1 Å². The van der Waals surface area contributed by atoms with E-state index in [1.54, 1.807) is 23.5 Å². The van der Waals surface area contributed by atoms with Gasteiger partial charge >= 0.3 is 6.03 Å². The minimum atomic E-state index is -0.483. The first-order chi connectivity index (χ1) is 12.1. The van der Waals surface area contributed by atoms with Gasteiger partial charge in [0.2, 0.25) is 0 Å². The van der Waals surface area contributed by atoms with E-state index in [-0.39, 0.29) is 17.8 Å². The van der Waals surface area contributed by atoms with Gasteiger partial charge in [0, 0.05) is 29.2 Å². The monoisotopic (exact) mass is 360 g/mol. The number of hydrogen-bond donors (Lipinski definition) is 2. The highest BCUT2D eigenvalue weighted by Crippen LogP contribution is 2.27. The van der Waals surface area contributed by atoms with E-state index in [9.17, 15) is 14.9 Å². The maximum absolute atomic E-state index is 12.2.